The summed E-state index contributed by atoms with van der Waals surface area (Å²) in [4.78, 5) is 13.8. The molecule has 2 aliphatic heterocycles. The molecule has 5 nitrogen and oxygen atoms in total. The van der Waals surface area contributed by atoms with E-state index in [0.717, 1.165) is 24.1 Å². The van der Waals surface area contributed by atoms with Crippen molar-refractivity contribution in [2.75, 3.05) is 27.5 Å². The number of fused-ring (bicyclic) bond motifs is 2. The van der Waals surface area contributed by atoms with E-state index < -0.39 is 0 Å². The zero-order valence-electron chi connectivity index (χ0n) is 11.9. The summed E-state index contributed by atoms with van der Waals surface area (Å²) in [6, 6.07) is 1.98. The van der Waals surface area contributed by atoms with Crippen LogP contribution in [0.2, 0.25) is 0 Å². The topological polar surface area (TPSA) is 48.0 Å². The number of nitrogens with zero attached hydrogens (tertiary/aromatic N) is 1. The fourth-order valence-corrected chi connectivity index (χ4v) is 2.67. The molecular formula is C15H17NO4. The maximum atomic E-state index is 11.8. The second-order valence-corrected chi connectivity index (χ2v) is 4.97. The molecule has 2 aliphatic rings. The second-order valence-electron chi connectivity index (χ2n) is 4.97. The average Bonchev–Trinajstić information content (AvgIpc) is 2.81. The highest BCUT2D eigenvalue weighted by Crippen LogP contribution is 2.46. The number of methoxy groups -OCH3 is 1. The Morgan fingerprint density at radius 2 is 2.20 bits per heavy atom. The van der Waals surface area contributed by atoms with Crippen molar-refractivity contribution in [2.45, 2.75) is 13.3 Å². The molecule has 0 aromatic heterocycles. The summed E-state index contributed by atoms with van der Waals surface area (Å²) in [6.07, 6.45) is 2.71. The largest absolute Gasteiger partial charge is 0.492 e. The summed E-state index contributed by atoms with van der Waals surface area (Å²) in [7, 11) is 3.53. The highest BCUT2D eigenvalue weighted by molar-refractivity contribution is 5.98. The SMILES string of the molecule is COc1c2c(cc3c1OCO3)CCN(C)C(C(C)=O)=C2. The molecule has 20 heavy (non-hydrogen) atoms. The van der Waals surface area contributed by atoms with Gasteiger partial charge in [-0.25, -0.2) is 0 Å². The van der Waals surface area contributed by atoms with E-state index in [9.17, 15) is 4.79 Å². The van der Waals surface area contributed by atoms with Crippen molar-refractivity contribution in [2.24, 2.45) is 0 Å². The smallest absolute Gasteiger partial charge is 0.231 e. The van der Waals surface area contributed by atoms with Crippen molar-refractivity contribution in [1.82, 2.24) is 4.90 Å². The van der Waals surface area contributed by atoms with Gasteiger partial charge in [0.05, 0.1) is 12.8 Å². The van der Waals surface area contributed by atoms with Gasteiger partial charge in [-0.2, -0.15) is 0 Å². The molecule has 106 valence electrons. The first-order valence-corrected chi connectivity index (χ1v) is 6.55. The Labute approximate surface area is 117 Å². The molecule has 0 bridgehead atoms. The molecule has 0 spiro atoms. The summed E-state index contributed by atoms with van der Waals surface area (Å²) >= 11 is 0. The van der Waals surface area contributed by atoms with Crippen LogP contribution in [0.4, 0.5) is 0 Å². The molecular weight excluding hydrogens is 258 g/mol. The van der Waals surface area contributed by atoms with Gasteiger partial charge >= 0.3 is 0 Å². The van der Waals surface area contributed by atoms with Gasteiger partial charge in [0.15, 0.2) is 17.3 Å². The Morgan fingerprint density at radius 3 is 2.90 bits per heavy atom. The zero-order chi connectivity index (χ0) is 14.3. The lowest BCUT2D eigenvalue weighted by Gasteiger charge is -2.18. The monoisotopic (exact) mass is 275 g/mol. The summed E-state index contributed by atoms with van der Waals surface area (Å²) in [6.45, 7) is 2.56. The fourth-order valence-electron chi connectivity index (χ4n) is 2.67. The molecule has 0 fully saturated rings. The van der Waals surface area contributed by atoms with Crippen molar-refractivity contribution in [3.63, 3.8) is 0 Å². The summed E-state index contributed by atoms with van der Waals surface area (Å²) in [5.41, 5.74) is 2.70. The van der Waals surface area contributed by atoms with Crippen LogP contribution in [-0.4, -0.2) is 38.2 Å². The van der Waals surface area contributed by atoms with E-state index in [1.807, 2.05) is 24.1 Å². The first-order valence-electron chi connectivity index (χ1n) is 6.55. The zero-order valence-corrected chi connectivity index (χ0v) is 11.9. The van der Waals surface area contributed by atoms with Crippen LogP contribution in [0.5, 0.6) is 17.2 Å². The van der Waals surface area contributed by atoms with Crippen LogP contribution in [0.15, 0.2) is 11.8 Å². The van der Waals surface area contributed by atoms with Crippen LogP contribution in [0, 0.1) is 0 Å². The lowest BCUT2D eigenvalue weighted by atomic mass is 10.0. The standard InChI is InChI=1S/C15H17NO4/c1-9(17)12-7-11-10(4-5-16(12)2)6-13-15(14(11)18-3)20-8-19-13/h6-7H,4-5,8H2,1-3H3. The molecule has 1 aromatic rings. The normalized spacial score (nSPS) is 16.4. The number of ketones is 1. The van der Waals surface area contributed by atoms with E-state index in [1.54, 1.807) is 14.0 Å². The van der Waals surface area contributed by atoms with Crippen LogP contribution in [-0.2, 0) is 11.2 Å². The molecule has 2 heterocycles. The predicted molar refractivity (Wildman–Crippen MR) is 74.1 cm³/mol. The summed E-state index contributed by atoms with van der Waals surface area (Å²) in [5.74, 6) is 2.02. The lowest BCUT2D eigenvalue weighted by molar-refractivity contribution is -0.114. The molecule has 0 saturated heterocycles. The molecule has 0 atom stereocenters. The maximum absolute atomic E-state index is 11.8. The van der Waals surface area contributed by atoms with E-state index in [0.29, 0.717) is 22.9 Å². The van der Waals surface area contributed by atoms with Crippen molar-refractivity contribution in [3.8, 4) is 17.2 Å². The number of hydrogen-bond donors (Lipinski definition) is 0. The van der Waals surface area contributed by atoms with Crippen LogP contribution in [0.3, 0.4) is 0 Å². The summed E-state index contributed by atoms with van der Waals surface area (Å²) < 4.78 is 16.4. The molecule has 0 radical (unpaired) electrons. The van der Waals surface area contributed by atoms with Gasteiger partial charge in [-0.3, -0.25) is 4.79 Å². The number of hydrogen-bond acceptors (Lipinski definition) is 5. The van der Waals surface area contributed by atoms with E-state index >= 15 is 0 Å². The molecule has 0 saturated carbocycles. The average molecular weight is 275 g/mol. The molecule has 5 heteroatoms. The molecule has 0 aliphatic carbocycles. The van der Waals surface area contributed by atoms with Gasteiger partial charge in [0.2, 0.25) is 12.5 Å². The van der Waals surface area contributed by atoms with Gasteiger partial charge in [-0.05, 0) is 24.1 Å². The highest BCUT2D eigenvalue weighted by Gasteiger charge is 2.27. The third-order valence-corrected chi connectivity index (χ3v) is 3.72. The van der Waals surface area contributed by atoms with Crippen LogP contribution >= 0.6 is 0 Å². The first-order chi connectivity index (χ1) is 9.61. The van der Waals surface area contributed by atoms with E-state index in [-0.39, 0.29) is 12.6 Å². The van der Waals surface area contributed by atoms with Crippen molar-refractivity contribution in [1.29, 1.82) is 0 Å². The number of ether oxygens (including phenoxy) is 3. The third kappa shape index (κ3) is 1.90. The Bertz CT molecular complexity index is 606. The van der Waals surface area contributed by atoms with Crippen molar-refractivity contribution in [3.05, 3.63) is 22.9 Å². The Balaban J connectivity index is 2.22. The number of carbonyl (C=O) groups is 1. The Kier molecular flexibility index (Phi) is 3.04. The van der Waals surface area contributed by atoms with Gasteiger partial charge in [-0.15, -0.1) is 0 Å². The quantitative estimate of drug-likeness (QED) is 0.824. The minimum Gasteiger partial charge on any atom is -0.492 e. The number of allylic oxidation sites excluding steroid dienone is 1. The Morgan fingerprint density at radius 1 is 1.40 bits per heavy atom. The highest BCUT2D eigenvalue weighted by atomic mass is 16.7. The van der Waals surface area contributed by atoms with Gasteiger partial charge in [0, 0.05) is 26.1 Å². The van der Waals surface area contributed by atoms with E-state index in [4.69, 9.17) is 14.2 Å². The summed E-state index contributed by atoms with van der Waals surface area (Å²) in [5, 5.41) is 0. The molecule has 0 unspecified atom stereocenters. The van der Waals surface area contributed by atoms with E-state index in [2.05, 4.69) is 0 Å². The number of rotatable bonds is 2. The van der Waals surface area contributed by atoms with Gasteiger partial charge in [0.25, 0.3) is 0 Å². The van der Waals surface area contributed by atoms with Crippen molar-refractivity contribution >= 4 is 11.9 Å². The molecule has 0 amide bonds. The van der Waals surface area contributed by atoms with Gasteiger partial charge in [-0.1, -0.05) is 0 Å². The van der Waals surface area contributed by atoms with Crippen molar-refractivity contribution < 1.29 is 19.0 Å². The number of Topliss-reactive ketones (excluding diaryl/α,β-unsaturated/α-hetero) is 1. The number of likely N-dealkylation sites (N-methyl/N-ethyl adjacent to an activating group) is 1. The number of benzene rings is 1. The fraction of sp³-hybridized carbons (Fsp3) is 0.400. The second kappa shape index (κ2) is 4.74. The minimum absolute atomic E-state index is 0.0417. The predicted octanol–water partition coefficient (Wildman–Crippen LogP) is 1.84. The minimum atomic E-state index is 0.0417. The Hall–Kier alpha value is -2.17. The van der Waals surface area contributed by atoms with Gasteiger partial charge in [0.1, 0.15) is 0 Å². The molecule has 3 rings (SSSR count). The lowest BCUT2D eigenvalue weighted by Crippen LogP contribution is -2.23. The maximum Gasteiger partial charge on any atom is 0.231 e. The van der Waals surface area contributed by atoms with Crippen LogP contribution in [0.1, 0.15) is 18.1 Å². The van der Waals surface area contributed by atoms with Crippen LogP contribution in [0.25, 0.3) is 6.08 Å². The first kappa shape index (κ1) is 12.8. The third-order valence-electron chi connectivity index (χ3n) is 3.72. The van der Waals surface area contributed by atoms with Gasteiger partial charge < -0.3 is 19.1 Å². The van der Waals surface area contributed by atoms with Crippen LogP contribution < -0.4 is 14.2 Å². The number of carbonyl (C=O) groups excluding carboxylic acids is 1. The van der Waals surface area contributed by atoms with E-state index in [1.165, 1.54) is 0 Å². The molecule has 0 N–H and O–H groups in total. The molecule has 1 aromatic carbocycles.